The van der Waals surface area contributed by atoms with E-state index in [0.717, 1.165) is 30.0 Å². The first-order chi connectivity index (χ1) is 7.85. The van der Waals surface area contributed by atoms with Crippen LogP contribution < -0.4 is 0 Å². The fourth-order valence-electron chi connectivity index (χ4n) is 1.83. The maximum atomic E-state index is 10.2. The van der Waals surface area contributed by atoms with Crippen LogP contribution in [0.5, 0.6) is 0 Å². The summed E-state index contributed by atoms with van der Waals surface area (Å²) >= 11 is 0. The van der Waals surface area contributed by atoms with Gasteiger partial charge in [-0.15, -0.1) is 0 Å². The average Bonchev–Trinajstić information content (AvgIpc) is 2.72. The number of H-pyrrole nitrogens is 1. The number of nitrogens with one attached hydrogen (secondary N) is 1. The number of aldehydes is 1. The second-order valence-electron chi connectivity index (χ2n) is 3.74. The first kappa shape index (κ1) is 10.4. The molecule has 16 heavy (non-hydrogen) atoms. The third-order valence-electron chi connectivity index (χ3n) is 2.66. The van der Waals surface area contributed by atoms with Crippen molar-refractivity contribution in [2.24, 2.45) is 0 Å². The van der Waals surface area contributed by atoms with Gasteiger partial charge in [0.15, 0.2) is 0 Å². The smallest absolute Gasteiger partial charge is 0.120 e. The van der Waals surface area contributed by atoms with Crippen LogP contribution in [0, 0.1) is 11.3 Å². The lowest BCUT2D eigenvalue weighted by molar-refractivity contribution is -0.107. The molecule has 80 valence electrons. The lowest BCUT2D eigenvalue weighted by atomic mass is 10.1. The highest BCUT2D eigenvalue weighted by molar-refractivity contribution is 5.84. The van der Waals surface area contributed by atoms with Crippen molar-refractivity contribution in [3.8, 4) is 6.07 Å². The molecule has 0 aliphatic heterocycles. The number of aromatic amines is 1. The number of nitrogens with zero attached hydrogens (tertiary/aromatic N) is 1. The molecule has 0 aliphatic carbocycles. The Bertz CT molecular complexity index is 549. The minimum Gasteiger partial charge on any atom is -0.361 e. The Hall–Kier alpha value is -2.08. The summed E-state index contributed by atoms with van der Waals surface area (Å²) < 4.78 is 0. The zero-order chi connectivity index (χ0) is 11.4. The van der Waals surface area contributed by atoms with Crippen LogP contribution in [0.1, 0.15) is 24.0 Å². The number of fused-ring (bicyclic) bond motifs is 1. The molecule has 0 radical (unpaired) electrons. The van der Waals surface area contributed by atoms with Gasteiger partial charge in [0.1, 0.15) is 6.29 Å². The van der Waals surface area contributed by atoms with Gasteiger partial charge in [-0.3, -0.25) is 0 Å². The van der Waals surface area contributed by atoms with Crippen molar-refractivity contribution in [1.29, 1.82) is 5.26 Å². The van der Waals surface area contributed by atoms with Crippen molar-refractivity contribution < 1.29 is 4.79 Å². The van der Waals surface area contributed by atoms with Crippen molar-refractivity contribution in [2.75, 3.05) is 0 Å². The molecule has 1 N–H and O–H groups in total. The lowest BCUT2D eigenvalue weighted by Crippen LogP contribution is -1.84. The Kier molecular flexibility index (Phi) is 3.02. The van der Waals surface area contributed by atoms with Crippen LogP contribution >= 0.6 is 0 Å². The molecule has 0 aliphatic rings. The minimum absolute atomic E-state index is 0.588. The predicted octanol–water partition coefficient (Wildman–Crippen LogP) is 2.56. The zero-order valence-electron chi connectivity index (χ0n) is 8.86. The molecule has 1 aromatic heterocycles. The standard InChI is InChI=1S/C13H12N2O/c14-8-10-4-5-13-12(7-10)11(9-15-13)3-1-2-6-16/h4-7,9,15H,1-3H2. The van der Waals surface area contributed by atoms with Gasteiger partial charge in [-0.2, -0.15) is 5.26 Å². The molecule has 0 bridgehead atoms. The Labute approximate surface area is 93.7 Å². The molecular weight excluding hydrogens is 200 g/mol. The number of aryl methyl sites for hydroxylation is 1. The number of aromatic nitrogens is 1. The Morgan fingerprint density at radius 3 is 3.06 bits per heavy atom. The van der Waals surface area contributed by atoms with E-state index in [0.29, 0.717) is 12.0 Å². The lowest BCUT2D eigenvalue weighted by Gasteiger charge is -1.97. The zero-order valence-corrected chi connectivity index (χ0v) is 8.86. The van der Waals surface area contributed by atoms with E-state index in [4.69, 9.17) is 5.26 Å². The van der Waals surface area contributed by atoms with E-state index in [1.165, 1.54) is 5.56 Å². The Morgan fingerprint density at radius 2 is 2.31 bits per heavy atom. The maximum absolute atomic E-state index is 10.2. The summed E-state index contributed by atoms with van der Waals surface area (Å²) in [6.07, 6.45) is 5.21. The molecule has 3 nitrogen and oxygen atoms in total. The van der Waals surface area contributed by atoms with Gasteiger partial charge in [-0.25, -0.2) is 0 Å². The van der Waals surface area contributed by atoms with Gasteiger partial charge in [0.05, 0.1) is 11.6 Å². The van der Waals surface area contributed by atoms with E-state index in [1.54, 1.807) is 6.07 Å². The molecule has 1 heterocycles. The molecule has 0 saturated carbocycles. The number of carbonyl (C=O) groups excluding carboxylic acids is 1. The van der Waals surface area contributed by atoms with Gasteiger partial charge in [0.25, 0.3) is 0 Å². The normalized spacial score (nSPS) is 10.2. The van der Waals surface area contributed by atoms with Crippen LogP contribution in [0.15, 0.2) is 24.4 Å². The molecule has 3 heteroatoms. The van der Waals surface area contributed by atoms with Crippen LogP contribution in [-0.4, -0.2) is 11.3 Å². The number of nitriles is 1. The van der Waals surface area contributed by atoms with Gasteiger partial charge in [-0.05, 0) is 36.6 Å². The van der Waals surface area contributed by atoms with Crippen molar-refractivity contribution >= 4 is 17.2 Å². The summed E-state index contributed by atoms with van der Waals surface area (Å²) in [5.41, 5.74) is 2.89. The van der Waals surface area contributed by atoms with Gasteiger partial charge in [0, 0.05) is 23.5 Å². The number of rotatable bonds is 4. The van der Waals surface area contributed by atoms with Crippen LogP contribution in [-0.2, 0) is 11.2 Å². The summed E-state index contributed by atoms with van der Waals surface area (Å²) in [7, 11) is 0. The number of hydrogen-bond donors (Lipinski definition) is 1. The first-order valence-corrected chi connectivity index (χ1v) is 5.29. The SMILES string of the molecule is N#Cc1ccc2[nH]cc(CCCC=O)c2c1. The van der Waals surface area contributed by atoms with Crippen molar-refractivity contribution in [3.63, 3.8) is 0 Å². The molecule has 0 saturated heterocycles. The summed E-state index contributed by atoms with van der Waals surface area (Å²) in [6.45, 7) is 0. The molecule has 0 atom stereocenters. The minimum atomic E-state index is 0.588. The topological polar surface area (TPSA) is 56.6 Å². The second kappa shape index (κ2) is 4.63. The predicted molar refractivity (Wildman–Crippen MR) is 62.0 cm³/mol. The maximum Gasteiger partial charge on any atom is 0.120 e. The highest BCUT2D eigenvalue weighted by atomic mass is 16.1. The fraction of sp³-hybridized carbons (Fsp3) is 0.231. The fourth-order valence-corrected chi connectivity index (χ4v) is 1.83. The summed E-state index contributed by atoms with van der Waals surface area (Å²) in [5.74, 6) is 0. The van der Waals surface area contributed by atoms with Crippen LogP contribution in [0.3, 0.4) is 0 Å². The second-order valence-corrected chi connectivity index (χ2v) is 3.74. The number of unbranched alkanes of at least 4 members (excludes halogenated alkanes) is 1. The third-order valence-corrected chi connectivity index (χ3v) is 2.66. The highest BCUT2D eigenvalue weighted by Crippen LogP contribution is 2.21. The quantitative estimate of drug-likeness (QED) is 0.625. The van der Waals surface area contributed by atoms with E-state index in [9.17, 15) is 4.79 Å². The number of carbonyl (C=O) groups is 1. The largest absolute Gasteiger partial charge is 0.361 e. The van der Waals surface area contributed by atoms with Crippen LogP contribution in [0.25, 0.3) is 10.9 Å². The number of hydrogen-bond acceptors (Lipinski definition) is 2. The van der Waals surface area contributed by atoms with E-state index < -0.39 is 0 Å². The van der Waals surface area contributed by atoms with Crippen LogP contribution in [0.2, 0.25) is 0 Å². The summed E-state index contributed by atoms with van der Waals surface area (Å²) in [4.78, 5) is 13.4. The molecule has 1 aromatic carbocycles. The molecule has 0 amide bonds. The number of benzene rings is 1. The van der Waals surface area contributed by atoms with Gasteiger partial charge in [0.2, 0.25) is 0 Å². The van der Waals surface area contributed by atoms with Gasteiger partial charge in [-0.1, -0.05) is 0 Å². The van der Waals surface area contributed by atoms with Crippen molar-refractivity contribution in [3.05, 3.63) is 35.5 Å². The monoisotopic (exact) mass is 212 g/mol. The molecule has 2 rings (SSSR count). The first-order valence-electron chi connectivity index (χ1n) is 5.29. The third kappa shape index (κ3) is 1.96. The molecule has 2 aromatic rings. The van der Waals surface area contributed by atoms with E-state index in [1.807, 2.05) is 18.3 Å². The Morgan fingerprint density at radius 1 is 1.44 bits per heavy atom. The molecule has 0 spiro atoms. The molecule has 0 fully saturated rings. The molecular formula is C13H12N2O. The van der Waals surface area contributed by atoms with Gasteiger partial charge < -0.3 is 9.78 Å². The van der Waals surface area contributed by atoms with E-state index in [-0.39, 0.29) is 0 Å². The van der Waals surface area contributed by atoms with E-state index >= 15 is 0 Å². The highest BCUT2D eigenvalue weighted by Gasteiger charge is 2.04. The van der Waals surface area contributed by atoms with Gasteiger partial charge >= 0.3 is 0 Å². The summed E-state index contributed by atoms with van der Waals surface area (Å²) in [5, 5.41) is 9.92. The average molecular weight is 212 g/mol. The van der Waals surface area contributed by atoms with Crippen LogP contribution in [0.4, 0.5) is 0 Å². The molecule has 0 unspecified atom stereocenters. The Balaban J connectivity index is 2.31. The van der Waals surface area contributed by atoms with Crippen molar-refractivity contribution in [1.82, 2.24) is 4.98 Å². The summed E-state index contributed by atoms with van der Waals surface area (Å²) in [6, 6.07) is 7.74. The van der Waals surface area contributed by atoms with E-state index in [2.05, 4.69) is 11.1 Å². The van der Waals surface area contributed by atoms with Crippen molar-refractivity contribution in [2.45, 2.75) is 19.3 Å².